The number of sulfone groups is 1. The Morgan fingerprint density at radius 3 is 2.60 bits per heavy atom. The third-order valence-electron chi connectivity index (χ3n) is 4.20. The highest BCUT2D eigenvalue weighted by molar-refractivity contribution is 7.90. The van der Waals surface area contributed by atoms with Crippen molar-refractivity contribution in [1.29, 1.82) is 0 Å². The summed E-state index contributed by atoms with van der Waals surface area (Å²) >= 11 is 0. The summed E-state index contributed by atoms with van der Waals surface area (Å²) in [5.74, 6) is 0.517. The minimum atomic E-state index is -3.33. The number of anilines is 2. The maximum Gasteiger partial charge on any atom is 0.226 e. The van der Waals surface area contributed by atoms with Crippen LogP contribution in [0.5, 0.6) is 0 Å². The first kappa shape index (κ1) is 17.4. The smallest absolute Gasteiger partial charge is 0.226 e. The highest BCUT2D eigenvalue weighted by Crippen LogP contribution is 2.22. The lowest BCUT2D eigenvalue weighted by atomic mass is 10.1. The second-order valence-corrected chi connectivity index (χ2v) is 8.13. The zero-order valence-corrected chi connectivity index (χ0v) is 14.9. The van der Waals surface area contributed by atoms with Crippen LogP contribution in [0, 0.1) is 0 Å². The summed E-state index contributed by atoms with van der Waals surface area (Å²) in [6, 6.07) is 10.9. The summed E-state index contributed by atoms with van der Waals surface area (Å²) in [6.45, 7) is 1.22. The number of amides is 1. The van der Waals surface area contributed by atoms with Gasteiger partial charge in [-0.25, -0.2) is 13.4 Å². The molecule has 1 fully saturated rings. The summed E-state index contributed by atoms with van der Waals surface area (Å²) in [5.41, 5.74) is 1.89. The molecule has 1 N–H and O–H groups in total. The van der Waals surface area contributed by atoms with Crippen molar-refractivity contribution in [3.63, 3.8) is 0 Å². The van der Waals surface area contributed by atoms with Gasteiger partial charge in [-0.05, 0) is 42.7 Å². The molecule has 0 radical (unpaired) electrons. The van der Waals surface area contributed by atoms with Crippen molar-refractivity contribution < 1.29 is 13.2 Å². The van der Waals surface area contributed by atoms with Gasteiger partial charge in [0.1, 0.15) is 10.7 Å². The fraction of sp³-hybridized carbons (Fsp3) is 0.333. The highest BCUT2D eigenvalue weighted by atomic mass is 32.2. The Balaban J connectivity index is 1.70. The van der Waals surface area contributed by atoms with Gasteiger partial charge in [-0.1, -0.05) is 12.1 Å². The highest BCUT2D eigenvalue weighted by Gasteiger charge is 2.19. The Bertz CT molecular complexity index is 863. The number of carbonyl (C=O) groups excluding carboxylic acids is 1. The molecule has 2 heterocycles. The molecular weight excluding hydrogens is 338 g/mol. The molecule has 0 saturated carbocycles. The van der Waals surface area contributed by atoms with Gasteiger partial charge in [0, 0.05) is 37.7 Å². The molecule has 1 aliphatic rings. The second kappa shape index (κ2) is 7.23. The molecule has 0 bridgehead atoms. The predicted octanol–water partition coefficient (Wildman–Crippen LogP) is 2.61. The SMILES string of the molecule is CS(=O)(=O)c1cccnc1NCc1ccc(N2CCCCC2=O)cc1. The fourth-order valence-corrected chi connectivity index (χ4v) is 3.68. The molecule has 0 aliphatic carbocycles. The van der Waals surface area contributed by atoms with Gasteiger partial charge < -0.3 is 10.2 Å². The van der Waals surface area contributed by atoms with Crippen LogP contribution in [0.3, 0.4) is 0 Å². The van der Waals surface area contributed by atoms with E-state index in [9.17, 15) is 13.2 Å². The first-order valence-corrected chi connectivity index (χ1v) is 10.1. The Morgan fingerprint density at radius 1 is 1.16 bits per heavy atom. The van der Waals surface area contributed by atoms with Crippen LogP contribution in [-0.2, 0) is 21.2 Å². The summed E-state index contributed by atoms with van der Waals surface area (Å²) in [6.07, 6.45) is 5.33. The largest absolute Gasteiger partial charge is 0.365 e. The Hall–Kier alpha value is -2.41. The molecule has 0 spiro atoms. The van der Waals surface area contributed by atoms with Crippen LogP contribution < -0.4 is 10.2 Å². The fourth-order valence-electron chi connectivity index (χ4n) is 2.88. The number of aromatic nitrogens is 1. The molecule has 2 aromatic rings. The van der Waals surface area contributed by atoms with Gasteiger partial charge in [-0.15, -0.1) is 0 Å². The zero-order valence-electron chi connectivity index (χ0n) is 14.1. The van der Waals surface area contributed by atoms with Crippen LogP contribution in [0.1, 0.15) is 24.8 Å². The molecule has 0 unspecified atom stereocenters. The third kappa shape index (κ3) is 4.17. The molecule has 1 aliphatic heterocycles. The van der Waals surface area contributed by atoms with Crippen molar-refractivity contribution in [2.75, 3.05) is 23.0 Å². The van der Waals surface area contributed by atoms with Gasteiger partial charge in [0.05, 0.1) is 0 Å². The van der Waals surface area contributed by atoms with Gasteiger partial charge in [0.25, 0.3) is 0 Å². The number of piperidine rings is 1. The lowest BCUT2D eigenvalue weighted by Gasteiger charge is -2.26. The van der Waals surface area contributed by atoms with Crippen LogP contribution >= 0.6 is 0 Å². The number of nitrogens with one attached hydrogen (secondary N) is 1. The van der Waals surface area contributed by atoms with E-state index < -0.39 is 9.84 Å². The van der Waals surface area contributed by atoms with Gasteiger partial charge in [-0.3, -0.25) is 4.79 Å². The van der Waals surface area contributed by atoms with Crippen molar-refractivity contribution in [3.05, 3.63) is 48.2 Å². The molecule has 6 nitrogen and oxygen atoms in total. The standard InChI is InChI=1S/C18H21N3O3S/c1-25(23,24)16-5-4-11-19-18(16)20-13-14-7-9-15(10-8-14)21-12-3-2-6-17(21)22/h4-5,7-11H,2-3,6,12-13H2,1H3,(H,19,20). The molecule has 132 valence electrons. The lowest BCUT2D eigenvalue weighted by molar-refractivity contribution is -0.119. The normalized spacial score (nSPS) is 15.2. The van der Waals surface area contributed by atoms with E-state index in [1.165, 1.54) is 12.3 Å². The van der Waals surface area contributed by atoms with Gasteiger partial charge in [-0.2, -0.15) is 0 Å². The number of carbonyl (C=O) groups is 1. The molecule has 3 rings (SSSR count). The van der Waals surface area contributed by atoms with Gasteiger partial charge >= 0.3 is 0 Å². The third-order valence-corrected chi connectivity index (χ3v) is 5.33. The van der Waals surface area contributed by atoms with E-state index in [2.05, 4.69) is 10.3 Å². The number of nitrogens with zero attached hydrogens (tertiary/aromatic N) is 2. The number of hydrogen-bond donors (Lipinski definition) is 1. The van der Waals surface area contributed by atoms with Crippen molar-refractivity contribution in [2.24, 2.45) is 0 Å². The van der Waals surface area contributed by atoms with E-state index in [1.807, 2.05) is 29.2 Å². The lowest BCUT2D eigenvalue weighted by Crippen LogP contribution is -2.35. The van der Waals surface area contributed by atoms with E-state index >= 15 is 0 Å². The van der Waals surface area contributed by atoms with Crippen molar-refractivity contribution >= 4 is 27.2 Å². The number of benzene rings is 1. The minimum absolute atomic E-state index is 0.170. The van der Waals surface area contributed by atoms with Gasteiger partial charge in [0.15, 0.2) is 9.84 Å². The summed E-state index contributed by atoms with van der Waals surface area (Å²) in [5, 5.41) is 3.07. The number of hydrogen-bond acceptors (Lipinski definition) is 5. The molecule has 1 amide bonds. The Morgan fingerprint density at radius 2 is 1.92 bits per heavy atom. The van der Waals surface area contributed by atoms with Crippen molar-refractivity contribution in [1.82, 2.24) is 4.98 Å². The molecule has 1 aromatic heterocycles. The average Bonchev–Trinajstić information content (AvgIpc) is 2.60. The topological polar surface area (TPSA) is 79.4 Å². The molecule has 0 atom stereocenters. The van der Waals surface area contributed by atoms with Crippen LogP contribution in [0.4, 0.5) is 11.5 Å². The maximum atomic E-state index is 12.0. The average molecular weight is 359 g/mol. The van der Waals surface area contributed by atoms with Crippen molar-refractivity contribution in [3.8, 4) is 0 Å². The Kier molecular flexibility index (Phi) is 5.03. The minimum Gasteiger partial charge on any atom is -0.365 e. The predicted molar refractivity (Wildman–Crippen MR) is 97.3 cm³/mol. The first-order chi connectivity index (χ1) is 11.9. The molecule has 25 heavy (non-hydrogen) atoms. The van der Waals surface area contributed by atoms with E-state index in [1.54, 1.807) is 12.3 Å². The molecule has 1 aromatic carbocycles. The number of pyridine rings is 1. The van der Waals surface area contributed by atoms with E-state index in [4.69, 9.17) is 0 Å². The number of rotatable bonds is 5. The Labute approximate surface area is 147 Å². The van der Waals surface area contributed by atoms with Crippen LogP contribution in [0.2, 0.25) is 0 Å². The molecule has 1 saturated heterocycles. The quantitative estimate of drug-likeness (QED) is 0.888. The van der Waals surface area contributed by atoms with E-state index in [0.717, 1.165) is 30.6 Å². The van der Waals surface area contributed by atoms with Crippen LogP contribution in [-0.4, -0.2) is 32.1 Å². The molecular formula is C18H21N3O3S. The zero-order chi connectivity index (χ0) is 17.9. The molecule has 7 heteroatoms. The summed E-state index contributed by atoms with van der Waals surface area (Å²) in [7, 11) is -3.33. The first-order valence-electron chi connectivity index (χ1n) is 8.23. The summed E-state index contributed by atoms with van der Waals surface area (Å²) < 4.78 is 23.6. The second-order valence-electron chi connectivity index (χ2n) is 6.14. The van der Waals surface area contributed by atoms with E-state index in [-0.39, 0.29) is 10.8 Å². The van der Waals surface area contributed by atoms with Gasteiger partial charge in [0.2, 0.25) is 5.91 Å². The maximum absolute atomic E-state index is 12.0. The monoisotopic (exact) mass is 359 g/mol. The van der Waals surface area contributed by atoms with Crippen LogP contribution in [0.25, 0.3) is 0 Å². The summed E-state index contributed by atoms with van der Waals surface area (Å²) in [4.78, 5) is 18.1. The van der Waals surface area contributed by atoms with E-state index in [0.29, 0.717) is 18.8 Å². The van der Waals surface area contributed by atoms with Crippen LogP contribution in [0.15, 0.2) is 47.5 Å². The van der Waals surface area contributed by atoms with Crippen molar-refractivity contribution in [2.45, 2.75) is 30.7 Å².